The van der Waals surface area contributed by atoms with Gasteiger partial charge in [-0.2, -0.15) is 13.2 Å². The monoisotopic (exact) mass is 404 g/mol. The van der Waals surface area contributed by atoms with E-state index in [1.807, 2.05) is 6.92 Å². The summed E-state index contributed by atoms with van der Waals surface area (Å²) in [6, 6.07) is 4.90. The van der Waals surface area contributed by atoms with E-state index in [0.717, 1.165) is 17.7 Å². The molecule has 4 rings (SSSR count). The van der Waals surface area contributed by atoms with Crippen molar-refractivity contribution in [1.82, 2.24) is 14.9 Å². The predicted octanol–water partition coefficient (Wildman–Crippen LogP) is 4.11. The van der Waals surface area contributed by atoms with Crippen LogP contribution in [0.3, 0.4) is 0 Å². The zero-order chi connectivity index (χ0) is 20.6. The molecule has 0 unspecified atom stereocenters. The summed E-state index contributed by atoms with van der Waals surface area (Å²) in [4.78, 5) is 22.1. The van der Waals surface area contributed by atoms with Crippen LogP contribution in [0, 0.1) is 6.92 Å². The van der Waals surface area contributed by atoms with Crippen LogP contribution in [0.15, 0.2) is 36.7 Å². The molecule has 1 aliphatic heterocycles. The van der Waals surface area contributed by atoms with Crippen LogP contribution < -0.4 is 5.32 Å². The van der Waals surface area contributed by atoms with Crippen molar-refractivity contribution in [3.05, 3.63) is 53.3 Å². The van der Waals surface area contributed by atoms with Crippen molar-refractivity contribution in [2.45, 2.75) is 13.1 Å². The number of benzene rings is 1. The number of anilines is 2. The highest BCUT2D eigenvalue weighted by atomic mass is 19.4. The third-order valence-electron chi connectivity index (χ3n) is 4.89. The Hall–Kier alpha value is -3.07. The van der Waals surface area contributed by atoms with E-state index < -0.39 is 11.7 Å². The Balaban J connectivity index is 1.70. The van der Waals surface area contributed by atoms with Gasteiger partial charge in [-0.1, -0.05) is 6.07 Å². The number of alkyl halides is 3. The van der Waals surface area contributed by atoms with Gasteiger partial charge in [0.05, 0.1) is 29.9 Å². The first-order valence-electron chi connectivity index (χ1n) is 9.12. The number of ether oxygens (including phenoxy) is 1. The van der Waals surface area contributed by atoms with E-state index in [9.17, 15) is 18.0 Å². The molecule has 0 aliphatic carbocycles. The van der Waals surface area contributed by atoms with Crippen molar-refractivity contribution in [1.29, 1.82) is 0 Å². The maximum Gasteiger partial charge on any atom is 0.416 e. The third kappa shape index (κ3) is 3.77. The highest BCUT2D eigenvalue weighted by Gasteiger charge is 2.30. The fourth-order valence-electron chi connectivity index (χ4n) is 3.42. The van der Waals surface area contributed by atoms with Gasteiger partial charge in [0.15, 0.2) is 5.82 Å². The maximum absolute atomic E-state index is 13.0. The molecule has 0 atom stereocenters. The van der Waals surface area contributed by atoms with Gasteiger partial charge < -0.3 is 19.9 Å². The fourth-order valence-corrected chi connectivity index (χ4v) is 3.42. The van der Waals surface area contributed by atoms with Crippen molar-refractivity contribution in [3.8, 4) is 0 Å². The highest BCUT2D eigenvalue weighted by Crippen LogP contribution is 2.33. The number of amides is 1. The van der Waals surface area contributed by atoms with Gasteiger partial charge in [-0.05, 0) is 30.7 Å². The Morgan fingerprint density at radius 1 is 1.28 bits per heavy atom. The number of nitrogens with one attached hydrogen (secondary N) is 2. The molecule has 9 heteroatoms. The van der Waals surface area contributed by atoms with Crippen LogP contribution in [0.2, 0.25) is 0 Å². The van der Waals surface area contributed by atoms with Crippen molar-refractivity contribution >= 4 is 28.3 Å². The first kappa shape index (κ1) is 19.3. The van der Waals surface area contributed by atoms with Gasteiger partial charge in [-0.25, -0.2) is 4.98 Å². The molecule has 1 fully saturated rings. The number of aromatic nitrogens is 2. The first-order valence-corrected chi connectivity index (χ1v) is 9.12. The molecule has 1 aliphatic rings. The molecule has 0 spiro atoms. The lowest BCUT2D eigenvalue weighted by atomic mass is 10.1. The average molecular weight is 404 g/mol. The summed E-state index contributed by atoms with van der Waals surface area (Å²) in [7, 11) is 0. The molecule has 2 aromatic heterocycles. The predicted molar refractivity (Wildman–Crippen MR) is 102 cm³/mol. The Kier molecular flexibility index (Phi) is 4.91. The smallest absolute Gasteiger partial charge is 0.378 e. The zero-order valence-corrected chi connectivity index (χ0v) is 15.6. The van der Waals surface area contributed by atoms with Crippen LogP contribution in [0.4, 0.5) is 24.7 Å². The van der Waals surface area contributed by atoms with Gasteiger partial charge in [0, 0.05) is 36.6 Å². The van der Waals surface area contributed by atoms with Crippen LogP contribution in [0.5, 0.6) is 0 Å². The molecule has 152 valence electrons. The largest absolute Gasteiger partial charge is 0.416 e. The minimum atomic E-state index is -4.43. The summed E-state index contributed by atoms with van der Waals surface area (Å²) in [5.74, 6) is 0.213. The molecule has 1 saturated heterocycles. The number of H-pyrrole nitrogens is 1. The van der Waals surface area contributed by atoms with Crippen LogP contribution in [0.1, 0.15) is 21.5 Å². The second-order valence-electron chi connectivity index (χ2n) is 6.85. The number of halogens is 3. The van der Waals surface area contributed by atoms with Crippen molar-refractivity contribution in [3.63, 3.8) is 0 Å². The Labute approximate surface area is 164 Å². The average Bonchev–Trinajstić information content (AvgIpc) is 3.10. The van der Waals surface area contributed by atoms with Crippen molar-refractivity contribution in [2.75, 3.05) is 31.6 Å². The third-order valence-corrected chi connectivity index (χ3v) is 4.89. The summed E-state index contributed by atoms with van der Waals surface area (Å²) in [6.07, 6.45) is -1.21. The van der Waals surface area contributed by atoms with E-state index in [-0.39, 0.29) is 11.6 Å². The van der Waals surface area contributed by atoms with E-state index in [4.69, 9.17) is 4.74 Å². The van der Waals surface area contributed by atoms with Crippen LogP contribution in [0.25, 0.3) is 10.9 Å². The number of hydrogen-bond acceptors (Lipinski definition) is 4. The summed E-state index contributed by atoms with van der Waals surface area (Å²) in [5.41, 5.74) is 1.38. The molecular weight excluding hydrogens is 385 g/mol. The summed E-state index contributed by atoms with van der Waals surface area (Å²) >= 11 is 0. The number of rotatable bonds is 3. The first-order chi connectivity index (χ1) is 13.8. The molecule has 6 nitrogen and oxygen atoms in total. The van der Waals surface area contributed by atoms with E-state index >= 15 is 0 Å². The molecule has 0 saturated carbocycles. The molecule has 1 amide bonds. The molecule has 3 heterocycles. The highest BCUT2D eigenvalue weighted by molar-refractivity contribution is 6.10. The SMILES string of the molecule is Cc1c[nH]c2c(Nc3cccc(C(F)(F)F)c3)ncc(C(=O)N3CCOCC3)c12. The van der Waals surface area contributed by atoms with E-state index in [1.54, 1.807) is 11.1 Å². The quantitative estimate of drug-likeness (QED) is 0.690. The maximum atomic E-state index is 13.0. The molecule has 2 N–H and O–H groups in total. The summed E-state index contributed by atoms with van der Waals surface area (Å²) in [5, 5.41) is 3.63. The topological polar surface area (TPSA) is 70.2 Å². The van der Waals surface area contributed by atoms with Gasteiger partial charge >= 0.3 is 6.18 Å². The molecule has 0 radical (unpaired) electrons. The van der Waals surface area contributed by atoms with Crippen LogP contribution >= 0.6 is 0 Å². The lowest BCUT2D eigenvalue weighted by molar-refractivity contribution is -0.137. The second kappa shape index (κ2) is 7.40. The lowest BCUT2D eigenvalue weighted by Crippen LogP contribution is -2.40. The number of aromatic amines is 1. The standard InChI is InChI=1S/C20H19F3N4O2/c1-12-10-24-17-16(12)15(19(28)27-5-7-29-8-6-27)11-25-18(17)26-14-4-2-3-13(9-14)20(21,22)23/h2-4,9-11,24H,5-8H2,1H3,(H,25,26). The zero-order valence-electron chi connectivity index (χ0n) is 15.6. The van der Waals surface area contributed by atoms with Crippen molar-refractivity contribution in [2.24, 2.45) is 0 Å². The van der Waals surface area contributed by atoms with Crippen LogP contribution in [-0.4, -0.2) is 47.1 Å². The fraction of sp³-hybridized carbons (Fsp3) is 0.300. The number of morpholine rings is 1. The van der Waals surface area contributed by atoms with Crippen molar-refractivity contribution < 1.29 is 22.7 Å². The number of nitrogens with zero attached hydrogens (tertiary/aromatic N) is 2. The summed E-state index contributed by atoms with van der Waals surface area (Å²) in [6.45, 7) is 3.86. The number of carbonyl (C=O) groups is 1. The lowest BCUT2D eigenvalue weighted by Gasteiger charge is -2.27. The van der Waals surface area contributed by atoms with Gasteiger partial charge in [0.25, 0.3) is 5.91 Å². The number of pyridine rings is 1. The number of fused-ring (bicyclic) bond motifs is 1. The van der Waals surface area contributed by atoms with E-state index in [0.29, 0.717) is 48.6 Å². The van der Waals surface area contributed by atoms with Gasteiger partial charge in [0.2, 0.25) is 0 Å². The molecular formula is C20H19F3N4O2. The number of hydrogen-bond donors (Lipinski definition) is 2. The normalized spacial score (nSPS) is 15.0. The Morgan fingerprint density at radius 2 is 2.03 bits per heavy atom. The van der Waals surface area contributed by atoms with E-state index in [2.05, 4.69) is 15.3 Å². The second-order valence-corrected chi connectivity index (χ2v) is 6.85. The van der Waals surface area contributed by atoms with Crippen LogP contribution in [-0.2, 0) is 10.9 Å². The van der Waals surface area contributed by atoms with Gasteiger partial charge in [-0.3, -0.25) is 4.79 Å². The minimum Gasteiger partial charge on any atom is -0.378 e. The number of aryl methyl sites for hydroxylation is 1. The molecule has 0 bridgehead atoms. The summed E-state index contributed by atoms with van der Waals surface area (Å²) < 4.78 is 44.2. The molecule has 29 heavy (non-hydrogen) atoms. The Bertz CT molecular complexity index is 1060. The minimum absolute atomic E-state index is 0.140. The Morgan fingerprint density at radius 3 is 2.76 bits per heavy atom. The van der Waals surface area contributed by atoms with Gasteiger partial charge in [0.1, 0.15) is 0 Å². The molecule has 3 aromatic rings. The van der Waals surface area contributed by atoms with Gasteiger partial charge in [-0.15, -0.1) is 0 Å². The molecule has 1 aromatic carbocycles. The number of carbonyl (C=O) groups excluding carboxylic acids is 1. The van der Waals surface area contributed by atoms with E-state index in [1.165, 1.54) is 18.3 Å².